The van der Waals surface area contributed by atoms with Crippen LogP contribution in [0.15, 0.2) is 22.8 Å². The molecule has 0 amide bonds. The lowest BCUT2D eigenvalue weighted by molar-refractivity contribution is -0.0386. The van der Waals surface area contributed by atoms with Crippen molar-refractivity contribution in [2.75, 3.05) is 0 Å². The number of furan rings is 1. The molecule has 0 N–H and O–H groups in total. The van der Waals surface area contributed by atoms with Crippen molar-refractivity contribution in [3.63, 3.8) is 0 Å². The number of rotatable bonds is 7. The first kappa shape index (κ1) is 18.8. The van der Waals surface area contributed by atoms with Gasteiger partial charge in [0.2, 0.25) is 0 Å². The second kappa shape index (κ2) is 7.54. The molecule has 2 rings (SSSR count). The summed E-state index contributed by atoms with van der Waals surface area (Å²) in [5, 5.41) is 0.233. The topological polar surface area (TPSA) is 31.6 Å². The molecule has 0 bridgehead atoms. The van der Waals surface area contributed by atoms with Crippen molar-refractivity contribution in [3.8, 4) is 0 Å². The molecule has 3 atom stereocenters. The van der Waals surface area contributed by atoms with E-state index in [1.807, 2.05) is 12.1 Å². The van der Waals surface area contributed by atoms with Crippen molar-refractivity contribution < 1.29 is 13.6 Å². The molecule has 1 aliphatic heterocycles. The Morgan fingerprint density at radius 1 is 1.30 bits per heavy atom. The highest BCUT2D eigenvalue weighted by molar-refractivity contribution is 6.74. The molecule has 4 heteroatoms. The fraction of sp³-hybridized carbons (Fsp3) is 0.789. The lowest BCUT2D eigenvalue weighted by atomic mass is 10.0. The maximum atomic E-state index is 6.74. The third-order valence-corrected chi connectivity index (χ3v) is 9.93. The molecule has 0 aliphatic carbocycles. The normalized spacial score (nSPS) is 24.1. The van der Waals surface area contributed by atoms with Crippen LogP contribution in [-0.4, -0.2) is 20.5 Å². The van der Waals surface area contributed by atoms with Gasteiger partial charge in [-0.3, -0.25) is 0 Å². The molecule has 23 heavy (non-hydrogen) atoms. The monoisotopic (exact) mass is 338 g/mol. The van der Waals surface area contributed by atoms with E-state index >= 15 is 0 Å². The van der Waals surface area contributed by atoms with E-state index in [0.717, 1.165) is 25.0 Å². The van der Waals surface area contributed by atoms with Gasteiger partial charge in [0.1, 0.15) is 11.9 Å². The van der Waals surface area contributed by atoms with Crippen LogP contribution in [0.3, 0.4) is 0 Å². The first-order valence-corrected chi connectivity index (χ1v) is 12.0. The van der Waals surface area contributed by atoms with Crippen LogP contribution in [0.1, 0.15) is 71.7 Å². The van der Waals surface area contributed by atoms with E-state index in [4.69, 9.17) is 13.6 Å². The van der Waals surface area contributed by atoms with E-state index < -0.39 is 8.32 Å². The molecule has 3 nitrogen and oxygen atoms in total. The van der Waals surface area contributed by atoms with Gasteiger partial charge in [-0.15, -0.1) is 0 Å². The van der Waals surface area contributed by atoms with Gasteiger partial charge in [0.25, 0.3) is 0 Å². The molecule has 0 aromatic carbocycles. The third kappa shape index (κ3) is 4.71. The zero-order valence-corrected chi connectivity index (χ0v) is 16.7. The second-order valence-electron chi connectivity index (χ2n) is 8.31. The van der Waals surface area contributed by atoms with E-state index in [1.54, 1.807) is 6.26 Å². The molecule has 0 radical (unpaired) electrons. The quantitative estimate of drug-likeness (QED) is 0.565. The lowest BCUT2D eigenvalue weighted by Crippen LogP contribution is -2.47. The molecule has 132 valence electrons. The van der Waals surface area contributed by atoms with Gasteiger partial charge in [0.05, 0.1) is 18.5 Å². The molecule has 0 saturated carbocycles. The van der Waals surface area contributed by atoms with Crippen LogP contribution in [0.5, 0.6) is 0 Å². The fourth-order valence-corrected chi connectivity index (χ4v) is 4.28. The van der Waals surface area contributed by atoms with E-state index in [2.05, 4.69) is 40.8 Å². The summed E-state index contributed by atoms with van der Waals surface area (Å²) >= 11 is 0. The highest BCUT2D eigenvalue weighted by Gasteiger charge is 2.42. The number of hydrogen-bond donors (Lipinski definition) is 0. The van der Waals surface area contributed by atoms with Crippen molar-refractivity contribution in [1.29, 1.82) is 0 Å². The Kier molecular flexibility index (Phi) is 6.14. The molecule has 2 heterocycles. The van der Waals surface area contributed by atoms with Crippen molar-refractivity contribution >= 4 is 8.32 Å². The summed E-state index contributed by atoms with van der Waals surface area (Å²) in [6, 6.07) is 3.95. The van der Waals surface area contributed by atoms with Crippen LogP contribution in [-0.2, 0) is 9.16 Å². The molecule has 1 unspecified atom stereocenters. The van der Waals surface area contributed by atoms with E-state index in [0.29, 0.717) is 0 Å². The highest BCUT2D eigenvalue weighted by Crippen LogP contribution is 2.41. The molecular weight excluding hydrogens is 304 g/mol. The standard InChI is InChI=1S/C19H34O3Si/c1-7-8-10-18(22-23(5,6)19(2,3)4)17-13-12-16(21-17)15-11-9-14-20-15/h9,11,14,16-18H,7-8,10,12-13H2,1-6H3/t16?,17-,18-/m0/s1. The predicted octanol–water partition coefficient (Wildman–Crippen LogP) is 6.08. The Hall–Kier alpha value is -0.583. The Labute approximate surface area is 142 Å². The van der Waals surface area contributed by atoms with Crippen LogP contribution in [0.4, 0.5) is 0 Å². The van der Waals surface area contributed by atoms with Crippen LogP contribution in [0, 0.1) is 0 Å². The SMILES string of the molecule is CCCC[C@H](O[Si](C)(C)C(C)(C)C)[C@@H]1CCC(c2ccco2)O1. The minimum Gasteiger partial charge on any atom is -0.467 e. The van der Waals surface area contributed by atoms with E-state index in [-0.39, 0.29) is 23.4 Å². The summed E-state index contributed by atoms with van der Waals surface area (Å²) in [7, 11) is -1.78. The van der Waals surface area contributed by atoms with Crippen LogP contribution < -0.4 is 0 Å². The highest BCUT2D eigenvalue weighted by atomic mass is 28.4. The van der Waals surface area contributed by atoms with Gasteiger partial charge in [0, 0.05) is 0 Å². The lowest BCUT2D eigenvalue weighted by Gasteiger charge is -2.40. The van der Waals surface area contributed by atoms with Crippen molar-refractivity contribution in [1.82, 2.24) is 0 Å². The van der Waals surface area contributed by atoms with Crippen LogP contribution in [0.2, 0.25) is 18.1 Å². The summed E-state index contributed by atoms with van der Waals surface area (Å²) < 4.78 is 18.6. The zero-order valence-electron chi connectivity index (χ0n) is 15.7. The maximum Gasteiger partial charge on any atom is 0.192 e. The van der Waals surface area contributed by atoms with Crippen molar-refractivity contribution in [2.45, 2.75) is 96.2 Å². The predicted molar refractivity (Wildman–Crippen MR) is 97.2 cm³/mol. The van der Waals surface area contributed by atoms with Crippen LogP contribution >= 0.6 is 0 Å². The van der Waals surface area contributed by atoms with Gasteiger partial charge in [0.15, 0.2) is 8.32 Å². The first-order valence-electron chi connectivity index (χ1n) is 9.11. The molecule has 1 aromatic heterocycles. The van der Waals surface area contributed by atoms with Crippen molar-refractivity contribution in [2.24, 2.45) is 0 Å². The Morgan fingerprint density at radius 3 is 2.61 bits per heavy atom. The molecule has 1 aromatic rings. The minimum atomic E-state index is -1.78. The number of unbranched alkanes of at least 4 members (excludes halogenated alkanes) is 1. The van der Waals surface area contributed by atoms with Gasteiger partial charge in [-0.25, -0.2) is 0 Å². The summed E-state index contributed by atoms with van der Waals surface area (Å²) in [5.41, 5.74) is 0. The van der Waals surface area contributed by atoms with Gasteiger partial charge in [-0.05, 0) is 49.5 Å². The summed E-state index contributed by atoms with van der Waals surface area (Å²) in [6.07, 6.45) is 7.83. The Balaban J connectivity index is 2.04. The average molecular weight is 339 g/mol. The maximum absolute atomic E-state index is 6.74. The number of ether oxygens (including phenoxy) is 1. The number of hydrogen-bond acceptors (Lipinski definition) is 3. The molecular formula is C19H34O3Si. The third-order valence-electron chi connectivity index (χ3n) is 5.42. The summed E-state index contributed by atoms with van der Waals surface area (Å²) in [5.74, 6) is 0.953. The molecule has 1 aliphatic rings. The zero-order chi connectivity index (χ0) is 17.1. The largest absolute Gasteiger partial charge is 0.467 e. The summed E-state index contributed by atoms with van der Waals surface area (Å²) in [6.45, 7) is 13.8. The fourth-order valence-electron chi connectivity index (χ4n) is 2.90. The van der Waals surface area contributed by atoms with E-state index in [9.17, 15) is 0 Å². The Morgan fingerprint density at radius 2 is 2.04 bits per heavy atom. The molecule has 1 fully saturated rings. The average Bonchev–Trinajstić information content (AvgIpc) is 3.11. The van der Waals surface area contributed by atoms with Gasteiger partial charge < -0.3 is 13.6 Å². The van der Waals surface area contributed by atoms with Crippen LogP contribution in [0.25, 0.3) is 0 Å². The second-order valence-corrected chi connectivity index (χ2v) is 13.1. The van der Waals surface area contributed by atoms with Gasteiger partial charge >= 0.3 is 0 Å². The smallest absolute Gasteiger partial charge is 0.192 e. The van der Waals surface area contributed by atoms with Crippen molar-refractivity contribution in [3.05, 3.63) is 24.2 Å². The van der Waals surface area contributed by atoms with E-state index in [1.165, 1.54) is 12.8 Å². The van der Waals surface area contributed by atoms with Gasteiger partial charge in [-0.1, -0.05) is 40.5 Å². The summed E-state index contributed by atoms with van der Waals surface area (Å²) in [4.78, 5) is 0. The minimum absolute atomic E-state index is 0.0992. The molecule has 1 saturated heterocycles. The first-order chi connectivity index (χ1) is 10.7. The molecule has 0 spiro atoms. The Bertz CT molecular complexity index is 461. The van der Waals surface area contributed by atoms with Gasteiger partial charge in [-0.2, -0.15) is 0 Å².